The van der Waals surface area contributed by atoms with E-state index in [1.165, 1.54) is 4.90 Å². The zero-order valence-electron chi connectivity index (χ0n) is 15.0. The Labute approximate surface area is 157 Å². The molecular formula is C20H21N3O4. The van der Waals surface area contributed by atoms with E-state index in [9.17, 15) is 14.4 Å². The summed E-state index contributed by atoms with van der Waals surface area (Å²) in [5.74, 6) is 0.0255. The Morgan fingerprint density at radius 1 is 1.00 bits per heavy atom. The molecule has 2 aromatic carbocycles. The van der Waals surface area contributed by atoms with Crippen molar-refractivity contribution in [2.75, 3.05) is 25.0 Å². The van der Waals surface area contributed by atoms with Gasteiger partial charge in [-0.1, -0.05) is 24.3 Å². The van der Waals surface area contributed by atoms with E-state index in [0.717, 1.165) is 0 Å². The third kappa shape index (κ3) is 4.08. The van der Waals surface area contributed by atoms with Crippen LogP contribution < -0.4 is 15.4 Å². The van der Waals surface area contributed by atoms with Crippen LogP contribution in [0.15, 0.2) is 48.5 Å². The second-order valence-electron chi connectivity index (χ2n) is 5.97. The highest BCUT2D eigenvalue weighted by atomic mass is 16.5. The Bertz CT molecular complexity index is 831. The van der Waals surface area contributed by atoms with Crippen LogP contribution in [0.2, 0.25) is 0 Å². The number of nitrogens with zero attached hydrogens (tertiary/aromatic N) is 1. The maximum atomic E-state index is 12.3. The molecule has 0 saturated heterocycles. The molecule has 0 radical (unpaired) electrons. The fourth-order valence-corrected chi connectivity index (χ4v) is 2.90. The lowest BCUT2D eigenvalue weighted by Gasteiger charge is -2.15. The van der Waals surface area contributed by atoms with Crippen molar-refractivity contribution in [2.45, 2.75) is 13.3 Å². The molecule has 0 spiro atoms. The number of urea groups is 1. The quantitative estimate of drug-likeness (QED) is 0.582. The first-order valence-electron chi connectivity index (χ1n) is 8.83. The van der Waals surface area contributed by atoms with E-state index in [-0.39, 0.29) is 24.4 Å². The molecular weight excluding hydrogens is 346 g/mol. The number of hydrogen-bond acceptors (Lipinski definition) is 4. The molecule has 0 aromatic heterocycles. The average Bonchev–Trinajstić information content (AvgIpc) is 2.92. The Kier molecular flexibility index (Phi) is 5.71. The van der Waals surface area contributed by atoms with Gasteiger partial charge in [-0.3, -0.25) is 14.5 Å². The van der Waals surface area contributed by atoms with Crippen LogP contribution in [0.1, 0.15) is 34.1 Å². The number of ether oxygens (including phenoxy) is 1. The molecule has 4 amide bonds. The normalized spacial score (nSPS) is 12.7. The first-order valence-corrected chi connectivity index (χ1v) is 8.83. The van der Waals surface area contributed by atoms with Crippen molar-refractivity contribution >= 4 is 23.5 Å². The van der Waals surface area contributed by atoms with Gasteiger partial charge in [0.05, 0.1) is 23.4 Å². The SMILES string of the molecule is CCOc1ccccc1NC(=O)NCCCN1C(=O)c2ccccc2C1=O. The molecule has 7 nitrogen and oxygen atoms in total. The van der Waals surface area contributed by atoms with E-state index in [2.05, 4.69) is 10.6 Å². The van der Waals surface area contributed by atoms with E-state index in [0.29, 0.717) is 42.1 Å². The van der Waals surface area contributed by atoms with E-state index in [4.69, 9.17) is 4.74 Å². The van der Waals surface area contributed by atoms with Crippen LogP contribution in [-0.2, 0) is 0 Å². The highest BCUT2D eigenvalue weighted by Gasteiger charge is 2.34. The van der Waals surface area contributed by atoms with Crippen molar-refractivity contribution in [2.24, 2.45) is 0 Å². The number of para-hydroxylation sites is 2. The minimum Gasteiger partial charge on any atom is -0.492 e. The lowest BCUT2D eigenvalue weighted by Crippen LogP contribution is -2.35. The second-order valence-corrected chi connectivity index (χ2v) is 5.97. The monoisotopic (exact) mass is 367 g/mol. The Morgan fingerprint density at radius 3 is 2.30 bits per heavy atom. The molecule has 1 heterocycles. The molecule has 0 aliphatic carbocycles. The van der Waals surface area contributed by atoms with Crippen molar-refractivity contribution in [3.63, 3.8) is 0 Å². The summed E-state index contributed by atoms with van der Waals surface area (Å²) in [6.45, 7) is 2.95. The zero-order valence-corrected chi connectivity index (χ0v) is 15.0. The summed E-state index contributed by atoms with van der Waals surface area (Å²) in [6.07, 6.45) is 0.464. The van der Waals surface area contributed by atoms with Crippen LogP contribution in [0.4, 0.5) is 10.5 Å². The van der Waals surface area contributed by atoms with E-state index >= 15 is 0 Å². The van der Waals surface area contributed by atoms with Crippen LogP contribution in [0.3, 0.4) is 0 Å². The van der Waals surface area contributed by atoms with E-state index in [1.807, 2.05) is 13.0 Å². The Hall–Kier alpha value is -3.35. The summed E-state index contributed by atoms with van der Waals surface area (Å²) in [6, 6.07) is 13.6. The topological polar surface area (TPSA) is 87.7 Å². The smallest absolute Gasteiger partial charge is 0.319 e. The van der Waals surface area contributed by atoms with Gasteiger partial charge in [0, 0.05) is 13.1 Å². The van der Waals surface area contributed by atoms with Gasteiger partial charge in [-0.15, -0.1) is 0 Å². The van der Waals surface area contributed by atoms with Gasteiger partial charge < -0.3 is 15.4 Å². The van der Waals surface area contributed by atoms with E-state index < -0.39 is 0 Å². The first kappa shape index (κ1) is 18.4. The molecule has 2 N–H and O–H groups in total. The first-order chi connectivity index (χ1) is 13.1. The maximum absolute atomic E-state index is 12.3. The van der Waals surface area contributed by atoms with Crippen LogP contribution in [0.5, 0.6) is 5.75 Å². The fraction of sp³-hybridized carbons (Fsp3) is 0.250. The number of amides is 4. The highest BCUT2D eigenvalue weighted by molar-refractivity contribution is 6.21. The lowest BCUT2D eigenvalue weighted by atomic mass is 10.1. The molecule has 0 atom stereocenters. The predicted molar refractivity (Wildman–Crippen MR) is 101 cm³/mol. The van der Waals surface area contributed by atoms with Gasteiger partial charge in [0.1, 0.15) is 5.75 Å². The number of nitrogens with one attached hydrogen (secondary N) is 2. The van der Waals surface area contributed by atoms with Gasteiger partial charge in [0.25, 0.3) is 11.8 Å². The fourth-order valence-electron chi connectivity index (χ4n) is 2.90. The summed E-state index contributed by atoms with van der Waals surface area (Å²) in [7, 11) is 0. The van der Waals surface area contributed by atoms with Crippen molar-refractivity contribution in [1.29, 1.82) is 0 Å². The largest absolute Gasteiger partial charge is 0.492 e. The Morgan fingerprint density at radius 2 is 1.63 bits per heavy atom. The van der Waals surface area contributed by atoms with Crippen molar-refractivity contribution in [3.05, 3.63) is 59.7 Å². The summed E-state index contributed by atoms with van der Waals surface area (Å²) in [4.78, 5) is 37.8. The molecule has 7 heteroatoms. The number of hydrogen-bond donors (Lipinski definition) is 2. The second kappa shape index (κ2) is 8.35. The van der Waals surface area contributed by atoms with Crippen molar-refractivity contribution in [3.8, 4) is 5.75 Å². The minimum absolute atomic E-state index is 0.252. The van der Waals surface area contributed by atoms with Gasteiger partial charge in [-0.25, -0.2) is 4.79 Å². The van der Waals surface area contributed by atoms with Gasteiger partial charge in [-0.05, 0) is 37.6 Å². The molecule has 0 fully saturated rings. The molecule has 1 aliphatic heterocycles. The number of rotatable bonds is 7. The summed E-state index contributed by atoms with van der Waals surface area (Å²) in [5.41, 5.74) is 1.44. The summed E-state index contributed by atoms with van der Waals surface area (Å²) >= 11 is 0. The molecule has 27 heavy (non-hydrogen) atoms. The number of benzene rings is 2. The number of anilines is 1. The molecule has 0 bridgehead atoms. The third-order valence-electron chi connectivity index (χ3n) is 4.16. The summed E-state index contributed by atoms with van der Waals surface area (Å²) in [5, 5.41) is 5.45. The minimum atomic E-state index is -0.371. The van der Waals surface area contributed by atoms with Gasteiger partial charge in [0.15, 0.2) is 0 Å². The van der Waals surface area contributed by atoms with Gasteiger partial charge >= 0.3 is 6.03 Å². The molecule has 2 aromatic rings. The highest BCUT2D eigenvalue weighted by Crippen LogP contribution is 2.24. The third-order valence-corrected chi connectivity index (χ3v) is 4.16. The van der Waals surface area contributed by atoms with Crippen molar-refractivity contribution in [1.82, 2.24) is 10.2 Å². The number of carbonyl (C=O) groups excluding carboxylic acids is 3. The van der Waals surface area contributed by atoms with Crippen LogP contribution in [-0.4, -0.2) is 42.4 Å². The zero-order chi connectivity index (χ0) is 19.2. The molecule has 3 rings (SSSR count). The predicted octanol–water partition coefficient (Wildman–Crippen LogP) is 2.89. The standard InChI is InChI=1S/C20H21N3O4/c1-2-27-17-11-6-5-10-16(17)22-20(26)21-12-7-13-23-18(24)14-8-3-4-9-15(14)19(23)25/h3-6,8-11H,2,7,12-13H2,1H3,(H2,21,22,26). The molecule has 1 aliphatic rings. The van der Waals surface area contributed by atoms with Crippen LogP contribution in [0, 0.1) is 0 Å². The number of fused-ring (bicyclic) bond motifs is 1. The van der Waals surface area contributed by atoms with E-state index in [1.54, 1.807) is 42.5 Å². The molecule has 0 unspecified atom stereocenters. The summed E-state index contributed by atoms with van der Waals surface area (Å²) < 4.78 is 5.46. The average molecular weight is 367 g/mol. The number of carbonyl (C=O) groups is 3. The molecule has 0 saturated carbocycles. The maximum Gasteiger partial charge on any atom is 0.319 e. The lowest BCUT2D eigenvalue weighted by molar-refractivity contribution is 0.0653. The number of imide groups is 1. The molecule has 140 valence electrons. The van der Waals surface area contributed by atoms with Crippen molar-refractivity contribution < 1.29 is 19.1 Å². The van der Waals surface area contributed by atoms with Crippen LogP contribution >= 0.6 is 0 Å². The van der Waals surface area contributed by atoms with Crippen LogP contribution in [0.25, 0.3) is 0 Å². The van der Waals surface area contributed by atoms with Gasteiger partial charge in [-0.2, -0.15) is 0 Å². The van der Waals surface area contributed by atoms with Gasteiger partial charge in [0.2, 0.25) is 0 Å². The Balaban J connectivity index is 1.47.